The van der Waals surface area contributed by atoms with Gasteiger partial charge < -0.3 is 19.5 Å². The lowest BCUT2D eigenvalue weighted by molar-refractivity contribution is 0.248. The molecule has 0 heterocycles. The van der Waals surface area contributed by atoms with E-state index in [0.717, 1.165) is 0 Å². The Balaban J connectivity index is 4.26. The minimum Gasteiger partial charge on any atom is -0.395 e. The molecular weight excluding hydrogens is 193 g/mol. The second-order valence-electron chi connectivity index (χ2n) is 2.51. The second-order valence-corrected chi connectivity index (χ2v) is 4.94. The predicted octanol–water partition coefficient (Wildman–Crippen LogP) is 0.790. The Morgan fingerprint density at radius 2 is 2.00 bits per heavy atom. The van der Waals surface area contributed by atoms with E-state index in [-0.39, 0.29) is 12.4 Å². The summed E-state index contributed by atoms with van der Waals surface area (Å²) in [5.74, 6) is -0.352. The van der Waals surface area contributed by atoms with E-state index in [0.29, 0.717) is 13.0 Å². The van der Waals surface area contributed by atoms with Crippen molar-refractivity contribution in [3.8, 4) is 0 Å². The smallest absolute Gasteiger partial charge is 0.346 e. The van der Waals surface area contributed by atoms with E-state index < -0.39 is 7.60 Å². The fraction of sp³-hybridized carbons (Fsp3) is 1.00. The third kappa shape index (κ3) is 3.75. The zero-order valence-electron chi connectivity index (χ0n) is 8.32. The lowest BCUT2D eigenvalue weighted by atomic mass is 10.5. The SMILES string of the molecule is CCC(NCCO)P(=O)(OC)OC. The van der Waals surface area contributed by atoms with Gasteiger partial charge >= 0.3 is 7.60 Å². The number of hydrogen-bond donors (Lipinski definition) is 2. The van der Waals surface area contributed by atoms with Crippen LogP contribution in [0.5, 0.6) is 0 Å². The molecule has 0 aromatic heterocycles. The van der Waals surface area contributed by atoms with Gasteiger partial charge in [-0.2, -0.15) is 0 Å². The van der Waals surface area contributed by atoms with E-state index in [2.05, 4.69) is 5.32 Å². The Kier molecular flexibility index (Phi) is 6.55. The molecule has 0 aromatic carbocycles. The summed E-state index contributed by atoms with van der Waals surface area (Å²) >= 11 is 0. The van der Waals surface area contributed by atoms with Crippen LogP contribution >= 0.6 is 7.60 Å². The van der Waals surface area contributed by atoms with Crippen LogP contribution in [-0.2, 0) is 13.6 Å². The van der Waals surface area contributed by atoms with Crippen molar-refractivity contribution < 1.29 is 18.7 Å². The zero-order chi connectivity index (χ0) is 10.3. The summed E-state index contributed by atoms with van der Waals surface area (Å²) < 4.78 is 21.5. The summed E-state index contributed by atoms with van der Waals surface area (Å²) in [6.45, 7) is 2.26. The molecule has 0 rings (SSSR count). The summed E-state index contributed by atoms with van der Waals surface area (Å²) in [7, 11) is -0.334. The van der Waals surface area contributed by atoms with Gasteiger partial charge in [0.05, 0.1) is 6.61 Å². The lowest BCUT2D eigenvalue weighted by Gasteiger charge is -2.23. The lowest BCUT2D eigenvalue weighted by Crippen LogP contribution is -2.31. The van der Waals surface area contributed by atoms with Gasteiger partial charge in [0.2, 0.25) is 0 Å². The van der Waals surface area contributed by atoms with Crippen molar-refractivity contribution in [2.75, 3.05) is 27.4 Å². The molecule has 5 nitrogen and oxygen atoms in total. The highest BCUT2D eigenvalue weighted by atomic mass is 31.2. The van der Waals surface area contributed by atoms with Crippen molar-refractivity contribution in [1.82, 2.24) is 5.32 Å². The van der Waals surface area contributed by atoms with Gasteiger partial charge in [-0.05, 0) is 6.42 Å². The van der Waals surface area contributed by atoms with Crippen molar-refractivity contribution in [2.24, 2.45) is 0 Å². The molecule has 0 aliphatic rings. The maximum absolute atomic E-state index is 11.8. The highest BCUT2D eigenvalue weighted by Crippen LogP contribution is 2.51. The van der Waals surface area contributed by atoms with Crippen molar-refractivity contribution in [3.05, 3.63) is 0 Å². The normalized spacial score (nSPS) is 14.5. The number of nitrogens with one attached hydrogen (secondary N) is 1. The Labute approximate surface area is 79.0 Å². The number of rotatable bonds is 7. The predicted molar refractivity (Wildman–Crippen MR) is 50.8 cm³/mol. The molecule has 0 amide bonds. The summed E-state index contributed by atoms with van der Waals surface area (Å²) in [5.41, 5.74) is 0. The molecule has 1 atom stereocenters. The molecule has 0 spiro atoms. The maximum Gasteiger partial charge on any atom is 0.346 e. The van der Waals surface area contributed by atoms with Crippen LogP contribution in [0, 0.1) is 0 Å². The molecule has 0 aliphatic heterocycles. The van der Waals surface area contributed by atoms with Crippen molar-refractivity contribution in [3.63, 3.8) is 0 Å². The Hall–Kier alpha value is 0.0700. The number of aliphatic hydroxyl groups is 1. The highest BCUT2D eigenvalue weighted by molar-refractivity contribution is 7.54. The Morgan fingerprint density at radius 1 is 1.46 bits per heavy atom. The highest BCUT2D eigenvalue weighted by Gasteiger charge is 2.31. The first-order valence-electron chi connectivity index (χ1n) is 4.20. The van der Waals surface area contributed by atoms with E-state index >= 15 is 0 Å². The van der Waals surface area contributed by atoms with Crippen LogP contribution in [0.4, 0.5) is 0 Å². The van der Waals surface area contributed by atoms with E-state index in [1.807, 2.05) is 6.92 Å². The van der Waals surface area contributed by atoms with Crippen LogP contribution < -0.4 is 5.32 Å². The maximum atomic E-state index is 11.8. The summed E-state index contributed by atoms with van der Waals surface area (Å²) in [5, 5.41) is 11.5. The molecular formula is C7H18NO4P. The van der Waals surface area contributed by atoms with Crippen LogP contribution in [0.15, 0.2) is 0 Å². The topological polar surface area (TPSA) is 67.8 Å². The van der Waals surface area contributed by atoms with E-state index in [1.165, 1.54) is 14.2 Å². The van der Waals surface area contributed by atoms with Gasteiger partial charge in [0.25, 0.3) is 0 Å². The molecule has 80 valence electrons. The van der Waals surface area contributed by atoms with Gasteiger partial charge in [-0.25, -0.2) is 0 Å². The minimum absolute atomic E-state index is 0.00390. The number of aliphatic hydroxyl groups excluding tert-OH is 1. The molecule has 0 saturated carbocycles. The average molecular weight is 211 g/mol. The Bertz CT molecular complexity index is 168. The van der Waals surface area contributed by atoms with Gasteiger partial charge in [-0.15, -0.1) is 0 Å². The van der Waals surface area contributed by atoms with Gasteiger partial charge in [0.1, 0.15) is 5.78 Å². The van der Waals surface area contributed by atoms with Crippen molar-refractivity contribution >= 4 is 7.60 Å². The second kappa shape index (κ2) is 6.51. The first-order valence-corrected chi connectivity index (χ1v) is 5.81. The van der Waals surface area contributed by atoms with Crippen LogP contribution in [0.25, 0.3) is 0 Å². The largest absolute Gasteiger partial charge is 0.395 e. The molecule has 0 fully saturated rings. The molecule has 2 N–H and O–H groups in total. The van der Waals surface area contributed by atoms with Crippen LogP contribution in [0.2, 0.25) is 0 Å². The first-order chi connectivity index (χ1) is 6.14. The third-order valence-electron chi connectivity index (χ3n) is 1.77. The molecule has 6 heteroatoms. The molecule has 0 bridgehead atoms. The molecule has 0 aliphatic carbocycles. The zero-order valence-corrected chi connectivity index (χ0v) is 9.21. The molecule has 0 aromatic rings. The molecule has 13 heavy (non-hydrogen) atoms. The average Bonchev–Trinajstić information content (AvgIpc) is 2.18. The fourth-order valence-corrected chi connectivity index (χ4v) is 2.50. The van der Waals surface area contributed by atoms with Crippen LogP contribution in [0.3, 0.4) is 0 Å². The van der Waals surface area contributed by atoms with E-state index in [4.69, 9.17) is 14.2 Å². The Morgan fingerprint density at radius 3 is 2.31 bits per heavy atom. The summed E-state index contributed by atoms with van der Waals surface area (Å²) in [6.07, 6.45) is 0.624. The van der Waals surface area contributed by atoms with Gasteiger partial charge in [-0.3, -0.25) is 4.57 Å². The van der Waals surface area contributed by atoms with Gasteiger partial charge in [-0.1, -0.05) is 6.92 Å². The van der Waals surface area contributed by atoms with Crippen LogP contribution in [-0.4, -0.2) is 38.3 Å². The van der Waals surface area contributed by atoms with Crippen LogP contribution in [0.1, 0.15) is 13.3 Å². The first kappa shape index (κ1) is 13.1. The standard InChI is InChI=1S/C7H18NO4P/c1-4-7(8-5-6-9)13(10,11-2)12-3/h7-9H,4-6H2,1-3H3. The fourth-order valence-electron chi connectivity index (χ4n) is 1.04. The quantitative estimate of drug-likeness (QED) is 0.609. The summed E-state index contributed by atoms with van der Waals surface area (Å²) in [6, 6.07) is 0. The third-order valence-corrected chi connectivity index (χ3v) is 4.10. The van der Waals surface area contributed by atoms with E-state index in [1.54, 1.807) is 0 Å². The van der Waals surface area contributed by atoms with Gasteiger partial charge in [0.15, 0.2) is 0 Å². The monoisotopic (exact) mass is 211 g/mol. The molecule has 0 radical (unpaired) electrons. The van der Waals surface area contributed by atoms with Crippen molar-refractivity contribution in [2.45, 2.75) is 19.1 Å². The molecule has 1 unspecified atom stereocenters. The van der Waals surface area contributed by atoms with Crippen molar-refractivity contribution in [1.29, 1.82) is 0 Å². The van der Waals surface area contributed by atoms with Gasteiger partial charge in [0, 0.05) is 20.8 Å². The minimum atomic E-state index is -3.04. The molecule has 0 saturated heterocycles. The summed E-state index contributed by atoms with van der Waals surface area (Å²) in [4.78, 5) is 0. The number of hydrogen-bond acceptors (Lipinski definition) is 5. The van der Waals surface area contributed by atoms with E-state index in [9.17, 15) is 4.57 Å².